The van der Waals surface area contributed by atoms with Crippen LogP contribution in [0.2, 0.25) is 0 Å². The standard InChI is InChI=1S/C16H12N2O/c1-19-11-6-7-13-14(10-11)12-4-2-3-5-15(12)18-9-8-17-16(13)18/h2-10H,1H3. The molecular formula is C16H12N2O. The number of rotatable bonds is 1. The fourth-order valence-electron chi connectivity index (χ4n) is 2.68. The molecular weight excluding hydrogens is 236 g/mol. The van der Waals surface area contributed by atoms with E-state index >= 15 is 0 Å². The van der Waals surface area contributed by atoms with Crippen molar-refractivity contribution in [1.82, 2.24) is 9.38 Å². The first-order valence-electron chi connectivity index (χ1n) is 6.20. The largest absolute Gasteiger partial charge is 0.497 e. The maximum atomic E-state index is 5.34. The van der Waals surface area contributed by atoms with E-state index in [1.54, 1.807) is 7.11 Å². The maximum Gasteiger partial charge on any atom is 0.145 e. The third-order valence-corrected chi connectivity index (χ3v) is 3.56. The van der Waals surface area contributed by atoms with Crippen molar-refractivity contribution in [1.29, 1.82) is 0 Å². The van der Waals surface area contributed by atoms with Crippen LogP contribution in [0.25, 0.3) is 27.3 Å². The van der Waals surface area contributed by atoms with Gasteiger partial charge in [-0.3, -0.25) is 4.40 Å². The summed E-state index contributed by atoms with van der Waals surface area (Å²) in [5.74, 6) is 0.869. The normalized spacial score (nSPS) is 11.4. The molecule has 0 bridgehead atoms. The average Bonchev–Trinajstić information content (AvgIpc) is 2.96. The molecule has 3 heteroatoms. The third-order valence-electron chi connectivity index (χ3n) is 3.56. The van der Waals surface area contributed by atoms with Crippen LogP contribution in [0, 0.1) is 0 Å². The lowest BCUT2D eigenvalue weighted by Crippen LogP contribution is -1.91. The average molecular weight is 248 g/mol. The molecule has 3 nitrogen and oxygen atoms in total. The second-order valence-electron chi connectivity index (χ2n) is 4.55. The van der Waals surface area contributed by atoms with Gasteiger partial charge in [0.15, 0.2) is 0 Å². The van der Waals surface area contributed by atoms with E-state index < -0.39 is 0 Å². The van der Waals surface area contributed by atoms with Gasteiger partial charge in [0.2, 0.25) is 0 Å². The highest BCUT2D eigenvalue weighted by Crippen LogP contribution is 2.31. The second kappa shape index (κ2) is 3.72. The van der Waals surface area contributed by atoms with E-state index in [2.05, 4.69) is 39.7 Å². The smallest absolute Gasteiger partial charge is 0.145 e. The number of ether oxygens (including phenoxy) is 1. The van der Waals surface area contributed by atoms with E-state index in [1.807, 2.05) is 24.5 Å². The fraction of sp³-hybridized carbons (Fsp3) is 0.0625. The zero-order valence-electron chi connectivity index (χ0n) is 10.5. The van der Waals surface area contributed by atoms with Crippen LogP contribution >= 0.6 is 0 Å². The number of benzene rings is 2. The number of pyridine rings is 1. The fourth-order valence-corrected chi connectivity index (χ4v) is 2.68. The van der Waals surface area contributed by atoms with Crippen LogP contribution < -0.4 is 4.74 Å². The van der Waals surface area contributed by atoms with E-state index in [-0.39, 0.29) is 0 Å². The molecule has 4 rings (SSSR count). The lowest BCUT2D eigenvalue weighted by molar-refractivity contribution is 0.415. The molecule has 0 aliphatic carbocycles. The van der Waals surface area contributed by atoms with Crippen LogP contribution in [0.1, 0.15) is 0 Å². The lowest BCUT2D eigenvalue weighted by atomic mass is 10.1. The van der Waals surface area contributed by atoms with Gasteiger partial charge < -0.3 is 4.74 Å². The van der Waals surface area contributed by atoms with Crippen molar-refractivity contribution in [3.63, 3.8) is 0 Å². The molecule has 0 radical (unpaired) electrons. The molecule has 0 aliphatic heterocycles. The van der Waals surface area contributed by atoms with Crippen LogP contribution in [-0.4, -0.2) is 16.5 Å². The molecule has 92 valence electrons. The quantitative estimate of drug-likeness (QED) is 0.481. The van der Waals surface area contributed by atoms with Gasteiger partial charge in [-0.05, 0) is 29.7 Å². The maximum absolute atomic E-state index is 5.34. The summed E-state index contributed by atoms with van der Waals surface area (Å²) in [6.45, 7) is 0. The van der Waals surface area contributed by atoms with Crippen molar-refractivity contribution in [2.75, 3.05) is 7.11 Å². The molecule has 0 aliphatic rings. The van der Waals surface area contributed by atoms with Gasteiger partial charge in [0.25, 0.3) is 0 Å². The summed E-state index contributed by atoms with van der Waals surface area (Å²) in [7, 11) is 1.69. The second-order valence-corrected chi connectivity index (χ2v) is 4.55. The number of hydrogen-bond acceptors (Lipinski definition) is 2. The molecule has 0 saturated carbocycles. The van der Waals surface area contributed by atoms with Gasteiger partial charge >= 0.3 is 0 Å². The van der Waals surface area contributed by atoms with Gasteiger partial charge in [0, 0.05) is 23.2 Å². The summed E-state index contributed by atoms with van der Waals surface area (Å²) in [4.78, 5) is 4.47. The van der Waals surface area contributed by atoms with Gasteiger partial charge in [-0.25, -0.2) is 4.98 Å². The van der Waals surface area contributed by atoms with E-state index in [9.17, 15) is 0 Å². The van der Waals surface area contributed by atoms with Crippen LogP contribution in [0.15, 0.2) is 54.9 Å². The number of fused-ring (bicyclic) bond motifs is 6. The van der Waals surface area contributed by atoms with Gasteiger partial charge in [-0.2, -0.15) is 0 Å². The number of methoxy groups -OCH3 is 1. The summed E-state index contributed by atoms with van der Waals surface area (Å²) in [6.07, 6.45) is 3.84. The monoisotopic (exact) mass is 248 g/mol. The molecule has 0 N–H and O–H groups in total. The highest BCUT2D eigenvalue weighted by molar-refractivity contribution is 6.12. The van der Waals surface area contributed by atoms with Gasteiger partial charge in [0.05, 0.1) is 12.6 Å². The molecule has 0 atom stereocenters. The third kappa shape index (κ3) is 1.35. The van der Waals surface area contributed by atoms with E-state index in [0.29, 0.717) is 0 Å². The SMILES string of the molecule is COc1ccc2c(c1)c1ccccc1n1ccnc21. The number of para-hydroxylation sites is 1. The minimum Gasteiger partial charge on any atom is -0.497 e. The highest BCUT2D eigenvalue weighted by atomic mass is 16.5. The topological polar surface area (TPSA) is 26.5 Å². The molecule has 4 aromatic rings. The Hall–Kier alpha value is -2.55. The predicted molar refractivity (Wildman–Crippen MR) is 76.8 cm³/mol. The zero-order chi connectivity index (χ0) is 12.8. The Morgan fingerprint density at radius 3 is 2.79 bits per heavy atom. The lowest BCUT2D eigenvalue weighted by Gasteiger charge is -2.09. The minimum atomic E-state index is 0.869. The molecule has 2 aromatic heterocycles. The first kappa shape index (κ1) is 10.4. The van der Waals surface area contributed by atoms with Crippen molar-refractivity contribution in [3.8, 4) is 5.75 Å². The van der Waals surface area contributed by atoms with Crippen molar-refractivity contribution in [3.05, 3.63) is 54.9 Å². The molecule has 0 saturated heterocycles. The Balaban J connectivity index is 2.35. The summed E-state index contributed by atoms with van der Waals surface area (Å²) in [5.41, 5.74) is 2.15. The summed E-state index contributed by atoms with van der Waals surface area (Å²) < 4.78 is 7.47. The Morgan fingerprint density at radius 1 is 1.00 bits per heavy atom. The van der Waals surface area contributed by atoms with Crippen molar-refractivity contribution >= 4 is 27.3 Å². The Morgan fingerprint density at radius 2 is 1.89 bits per heavy atom. The zero-order valence-corrected chi connectivity index (χ0v) is 10.5. The summed E-state index contributed by atoms with van der Waals surface area (Å²) >= 11 is 0. The summed E-state index contributed by atoms with van der Waals surface area (Å²) in [6, 6.07) is 14.5. The Bertz CT molecular complexity index is 908. The summed E-state index contributed by atoms with van der Waals surface area (Å²) in [5, 5.41) is 3.53. The molecule has 2 heterocycles. The number of hydrogen-bond donors (Lipinski definition) is 0. The van der Waals surface area contributed by atoms with Crippen molar-refractivity contribution in [2.45, 2.75) is 0 Å². The molecule has 2 aromatic carbocycles. The van der Waals surface area contributed by atoms with E-state index in [1.165, 1.54) is 10.8 Å². The Kier molecular flexibility index (Phi) is 2.03. The number of nitrogens with zero attached hydrogens (tertiary/aromatic N) is 2. The minimum absolute atomic E-state index is 0.869. The first-order valence-corrected chi connectivity index (χ1v) is 6.20. The molecule has 0 fully saturated rings. The molecule has 19 heavy (non-hydrogen) atoms. The molecule has 0 unspecified atom stereocenters. The number of imidazole rings is 1. The van der Waals surface area contributed by atoms with Crippen LogP contribution in [-0.2, 0) is 0 Å². The van der Waals surface area contributed by atoms with Crippen LogP contribution in [0.5, 0.6) is 5.75 Å². The molecule has 0 spiro atoms. The van der Waals surface area contributed by atoms with E-state index in [0.717, 1.165) is 22.3 Å². The molecule has 0 amide bonds. The van der Waals surface area contributed by atoms with Crippen molar-refractivity contribution in [2.24, 2.45) is 0 Å². The highest BCUT2D eigenvalue weighted by Gasteiger charge is 2.09. The van der Waals surface area contributed by atoms with Gasteiger partial charge in [0.1, 0.15) is 11.4 Å². The first-order chi connectivity index (χ1) is 9.38. The Labute approximate surface area is 110 Å². The van der Waals surface area contributed by atoms with Crippen LogP contribution in [0.3, 0.4) is 0 Å². The van der Waals surface area contributed by atoms with E-state index in [4.69, 9.17) is 4.74 Å². The van der Waals surface area contributed by atoms with Gasteiger partial charge in [-0.15, -0.1) is 0 Å². The predicted octanol–water partition coefficient (Wildman–Crippen LogP) is 3.65. The van der Waals surface area contributed by atoms with Crippen LogP contribution in [0.4, 0.5) is 0 Å². The van der Waals surface area contributed by atoms with Crippen molar-refractivity contribution < 1.29 is 4.74 Å². The van der Waals surface area contributed by atoms with Gasteiger partial charge in [-0.1, -0.05) is 18.2 Å². The number of aromatic nitrogens is 2.